The van der Waals surface area contributed by atoms with Gasteiger partial charge in [0.15, 0.2) is 0 Å². The summed E-state index contributed by atoms with van der Waals surface area (Å²) in [5, 5.41) is 3.64. The summed E-state index contributed by atoms with van der Waals surface area (Å²) in [6.07, 6.45) is 5.23. The molecule has 1 fully saturated rings. The quantitative estimate of drug-likeness (QED) is 0.722. The van der Waals surface area contributed by atoms with Gasteiger partial charge in [0.1, 0.15) is 0 Å². The van der Waals surface area contributed by atoms with Crippen molar-refractivity contribution in [1.29, 1.82) is 0 Å². The number of nitrogens with one attached hydrogen (secondary N) is 1. The molecule has 20 heavy (non-hydrogen) atoms. The van der Waals surface area contributed by atoms with Gasteiger partial charge in [-0.3, -0.25) is 0 Å². The highest BCUT2D eigenvalue weighted by molar-refractivity contribution is 4.91. The second kappa shape index (κ2) is 7.77. The third-order valence-corrected chi connectivity index (χ3v) is 3.93. The van der Waals surface area contributed by atoms with Crippen LogP contribution in [-0.4, -0.2) is 37.0 Å². The number of rotatable bonds is 7. The SMILES string of the molecule is CC1CCCC(CNC(C)(C)C)(OCCOC(C)C)C1. The third kappa shape index (κ3) is 7.05. The van der Waals surface area contributed by atoms with Gasteiger partial charge < -0.3 is 14.8 Å². The summed E-state index contributed by atoms with van der Waals surface area (Å²) in [6.45, 7) is 15.5. The van der Waals surface area contributed by atoms with Crippen molar-refractivity contribution in [3.8, 4) is 0 Å². The van der Waals surface area contributed by atoms with Crippen LogP contribution in [0.5, 0.6) is 0 Å². The lowest BCUT2D eigenvalue weighted by atomic mass is 9.78. The highest BCUT2D eigenvalue weighted by Crippen LogP contribution is 2.35. The molecule has 1 saturated carbocycles. The summed E-state index contributed by atoms with van der Waals surface area (Å²) in [5.74, 6) is 0.761. The number of ether oxygens (including phenoxy) is 2. The Balaban J connectivity index is 2.50. The summed E-state index contributed by atoms with van der Waals surface area (Å²) in [7, 11) is 0. The molecule has 3 heteroatoms. The van der Waals surface area contributed by atoms with E-state index in [1.807, 2.05) is 0 Å². The molecule has 0 amide bonds. The molecule has 0 heterocycles. The van der Waals surface area contributed by atoms with Gasteiger partial charge in [-0.2, -0.15) is 0 Å². The lowest BCUT2D eigenvalue weighted by molar-refractivity contribution is -0.102. The molecule has 0 aromatic rings. The molecule has 3 nitrogen and oxygen atoms in total. The van der Waals surface area contributed by atoms with Crippen molar-refractivity contribution in [2.75, 3.05) is 19.8 Å². The summed E-state index contributed by atoms with van der Waals surface area (Å²) in [4.78, 5) is 0. The number of hydrogen-bond acceptors (Lipinski definition) is 3. The first-order valence-corrected chi connectivity index (χ1v) is 8.23. The molecule has 1 aliphatic carbocycles. The fraction of sp³-hybridized carbons (Fsp3) is 1.00. The standard InChI is InChI=1S/C17H35NO2/c1-14(2)19-10-11-20-17(13-18-16(4,5)6)9-7-8-15(3)12-17/h14-15,18H,7-13H2,1-6H3. The van der Waals surface area contributed by atoms with Gasteiger partial charge >= 0.3 is 0 Å². The summed E-state index contributed by atoms with van der Waals surface area (Å²) in [5.41, 5.74) is 0.150. The van der Waals surface area contributed by atoms with Gasteiger partial charge in [0.25, 0.3) is 0 Å². The minimum Gasteiger partial charge on any atom is -0.376 e. The molecule has 0 spiro atoms. The van der Waals surface area contributed by atoms with Crippen LogP contribution < -0.4 is 5.32 Å². The molecule has 0 aromatic carbocycles. The van der Waals surface area contributed by atoms with Crippen LogP contribution in [-0.2, 0) is 9.47 Å². The van der Waals surface area contributed by atoms with E-state index >= 15 is 0 Å². The van der Waals surface area contributed by atoms with Gasteiger partial charge in [-0.05, 0) is 53.4 Å². The van der Waals surface area contributed by atoms with Crippen LogP contribution in [0.25, 0.3) is 0 Å². The zero-order valence-corrected chi connectivity index (χ0v) is 14.4. The second-order valence-corrected chi connectivity index (χ2v) is 7.76. The van der Waals surface area contributed by atoms with Crippen LogP contribution in [0.4, 0.5) is 0 Å². The first kappa shape index (κ1) is 17.9. The van der Waals surface area contributed by atoms with Crippen LogP contribution >= 0.6 is 0 Å². The Morgan fingerprint density at radius 1 is 1.25 bits per heavy atom. The highest BCUT2D eigenvalue weighted by atomic mass is 16.5. The molecule has 1 aliphatic rings. The molecule has 120 valence electrons. The second-order valence-electron chi connectivity index (χ2n) is 7.76. The Bertz CT molecular complexity index is 273. The van der Waals surface area contributed by atoms with Gasteiger partial charge in [-0.15, -0.1) is 0 Å². The van der Waals surface area contributed by atoms with E-state index in [4.69, 9.17) is 9.47 Å². The minimum atomic E-state index is 0.00524. The molecule has 1 rings (SSSR count). The van der Waals surface area contributed by atoms with E-state index in [0.717, 1.165) is 18.9 Å². The van der Waals surface area contributed by atoms with Gasteiger partial charge in [-0.25, -0.2) is 0 Å². The summed E-state index contributed by atoms with van der Waals surface area (Å²) in [6, 6.07) is 0. The minimum absolute atomic E-state index is 0.00524. The van der Waals surface area contributed by atoms with E-state index < -0.39 is 0 Å². The maximum atomic E-state index is 6.30. The Morgan fingerprint density at radius 2 is 1.95 bits per heavy atom. The first-order chi connectivity index (χ1) is 9.22. The zero-order chi connectivity index (χ0) is 15.2. The Hall–Kier alpha value is -0.120. The van der Waals surface area contributed by atoms with Crippen LogP contribution in [0.3, 0.4) is 0 Å². The molecule has 1 N–H and O–H groups in total. The van der Waals surface area contributed by atoms with E-state index in [2.05, 4.69) is 46.9 Å². The van der Waals surface area contributed by atoms with E-state index in [1.54, 1.807) is 0 Å². The molecule has 0 aromatic heterocycles. The smallest absolute Gasteiger partial charge is 0.0810 e. The Morgan fingerprint density at radius 3 is 2.50 bits per heavy atom. The molecule has 0 bridgehead atoms. The number of hydrogen-bond donors (Lipinski definition) is 1. The van der Waals surface area contributed by atoms with Gasteiger partial charge in [0.05, 0.1) is 24.9 Å². The van der Waals surface area contributed by atoms with Crippen molar-refractivity contribution >= 4 is 0 Å². The molecule has 2 unspecified atom stereocenters. The Kier molecular flexibility index (Phi) is 6.96. The average molecular weight is 285 g/mol. The van der Waals surface area contributed by atoms with Crippen molar-refractivity contribution < 1.29 is 9.47 Å². The van der Waals surface area contributed by atoms with Crippen molar-refractivity contribution in [3.63, 3.8) is 0 Å². The molecular weight excluding hydrogens is 250 g/mol. The van der Waals surface area contributed by atoms with E-state index in [0.29, 0.717) is 13.2 Å². The highest BCUT2D eigenvalue weighted by Gasteiger charge is 2.36. The lowest BCUT2D eigenvalue weighted by Crippen LogP contribution is -2.51. The largest absolute Gasteiger partial charge is 0.376 e. The summed E-state index contributed by atoms with van der Waals surface area (Å²) >= 11 is 0. The van der Waals surface area contributed by atoms with E-state index in [1.165, 1.54) is 19.3 Å². The van der Waals surface area contributed by atoms with Crippen LogP contribution in [0.2, 0.25) is 0 Å². The van der Waals surface area contributed by atoms with Crippen LogP contribution in [0, 0.1) is 5.92 Å². The van der Waals surface area contributed by atoms with Gasteiger partial charge in [0, 0.05) is 12.1 Å². The van der Waals surface area contributed by atoms with Gasteiger partial charge in [-0.1, -0.05) is 19.8 Å². The van der Waals surface area contributed by atoms with Crippen LogP contribution in [0.15, 0.2) is 0 Å². The van der Waals surface area contributed by atoms with Crippen molar-refractivity contribution in [1.82, 2.24) is 5.32 Å². The third-order valence-electron chi connectivity index (χ3n) is 3.93. The molecule has 0 radical (unpaired) electrons. The van der Waals surface area contributed by atoms with Crippen LogP contribution in [0.1, 0.15) is 67.2 Å². The molecule has 0 saturated heterocycles. The maximum Gasteiger partial charge on any atom is 0.0810 e. The summed E-state index contributed by atoms with van der Waals surface area (Å²) < 4.78 is 11.9. The lowest BCUT2D eigenvalue weighted by Gasteiger charge is -2.42. The fourth-order valence-electron chi connectivity index (χ4n) is 2.92. The average Bonchev–Trinajstić information content (AvgIpc) is 2.32. The molecule has 2 atom stereocenters. The van der Waals surface area contributed by atoms with Gasteiger partial charge in [0.2, 0.25) is 0 Å². The van der Waals surface area contributed by atoms with E-state index in [-0.39, 0.29) is 17.2 Å². The normalized spacial score (nSPS) is 28.1. The molecular formula is C17H35NO2. The first-order valence-electron chi connectivity index (χ1n) is 8.23. The topological polar surface area (TPSA) is 30.5 Å². The Labute approximate surface area is 125 Å². The van der Waals surface area contributed by atoms with E-state index in [9.17, 15) is 0 Å². The predicted octanol–water partition coefficient (Wildman–Crippen LogP) is 3.77. The fourth-order valence-corrected chi connectivity index (χ4v) is 2.92. The zero-order valence-electron chi connectivity index (χ0n) is 14.4. The van der Waals surface area contributed by atoms with Crippen molar-refractivity contribution in [2.24, 2.45) is 5.92 Å². The predicted molar refractivity (Wildman–Crippen MR) is 85.2 cm³/mol. The van der Waals surface area contributed by atoms with Crippen molar-refractivity contribution in [2.45, 2.75) is 84.5 Å². The monoisotopic (exact) mass is 285 g/mol. The molecule has 0 aliphatic heterocycles. The van der Waals surface area contributed by atoms with Crippen molar-refractivity contribution in [3.05, 3.63) is 0 Å². The maximum absolute atomic E-state index is 6.30.